The standard InChI is InChI=1S/C16H15NO2/c1-12(16(18)19)9-14-3-2-4-15(11-14)10-13-5-7-17-8-6-13/h2-9,11H,10H2,1H3,(H,18,19)/b12-9+. The van der Waals surface area contributed by atoms with Gasteiger partial charge in [0.15, 0.2) is 0 Å². The van der Waals surface area contributed by atoms with Gasteiger partial charge in [-0.2, -0.15) is 0 Å². The molecule has 3 nitrogen and oxygen atoms in total. The first kappa shape index (κ1) is 13.0. The van der Waals surface area contributed by atoms with Crippen molar-refractivity contribution in [2.45, 2.75) is 13.3 Å². The molecule has 0 fully saturated rings. The van der Waals surface area contributed by atoms with E-state index < -0.39 is 5.97 Å². The molecule has 0 saturated carbocycles. The number of carbonyl (C=O) groups is 1. The average Bonchev–Trinajstić information content (AvgIpc) is 2.40. The molecule has 0 unspecified atom stereocenters. The molecule has 0 radical (unpaired) electrons. The van der Waals surface area contributed by atoms with Crippen LogP contribution in [0.4, 0.5) is 0 Å². The number of aliphatic carboxylic acids is 1. The Morgan fingerprint density at radius 1 is 1.21 bits per heavy atom. The third-order valence-electron chi connectivity index (χ3n) is 2.83. The maximum atomic E-state index is 10.8. The Hall–Kier alpha value is -2.42. The Labute approximate surface area is 112 Å². The number of pyridine rings is 1. The maximum Gasteiger partial charge on any atom is 0.331 e. The summed E-state index contributed by atoms with van der Waals surface area (Å²) in [7, 11) is 0. The van der Waals surface area contributed by atoms with Gasteiger partial charge >= 0.3 is 5.97 Å². The fraction of sp³-hybridized carbons (Fsp3) is 0.125. The number of rotatable bonds is 4. The van der Waals surface area contributed by atoms with Crippen molar-refractivity contribution in [2.75, 3.05) is 0 Å². The van der Waals surface area contributed by atoms with E-state index in [4.69, 9.17) is 5.11 Å². The molecule has 2 rings (SSSR count). The Morgan fingerprint density at radius 2 is 1.95 bits per heavy atom. The Bertz CT molecular complexity index is 603. The Morgan fingerprint density at radius 3 is 2.63 bits per heavy atom. The minimum absolute atomic E-state index is 0.334. The third kappa shape index (κ3) is 3.78. The summed E-state index contributed by atoms with van der Waals surface area (Å²) in [5, 5.41) is 8.87. The maximum absolute atomic E-state index is 10.8. The van der Waals surface area contributed by atoms with Gasteiger partial charge in [-0.25, -0.2) is 4.79 Å². The van der Waals surface area contributed by atoms with Gasteiger partial charge in [-0.05, 0) is 48.2 Å². The number of benzene rings is 1. The molecule has 0 amide bonds. The van der Waals surface area contributed by atoms with Crippen molar-refractivity contribution < 1.29 is 9.90 Å². The highest BCUT2D eigenvalue weighted by Gasteiger charge is 2.01. The summed E-state index contributed by atoms with van der Waals surface area (Å²) >= 11 is 0. The van der Waals surface area contributed by atoms with Crippen LogP contribution in [0.25, 0.3) is 6.08 Å². The lowest BCUT2D eigenvalue weighted by atomic mass is 10.0. The lowest BCUT2D eigenvalue weighted by Gasteiger charge is -2.03. The highest BCUT2D eigenvalue weighted by molar-refractivity contribution is 5.91. The molecule has 0 aliphatic carbocycles. The van der Waals surface area contributed by atoms with Crippen LogP contribution in [0.2, 0.25) is 0 Å². The first-order valence-electron chi connectivity index (χ1n) is 6.04. The number of carboxylic acids is 1. The predicted octanol–water partition coefficient (Wildman–Crippen LogP) is 3.16. The minimum atomic E-state index is -0.889. The van der Waals surface area contributed by atoms with Crippen molar-refractivity contribution in [3.05, 3.63) is 71.1 Å². The predicted molar refractivity (Wildman–Crippen MR) is 74.8 cm³/mol. The van der Waals surface area contributed by atoms with Gasteiger partial charge in [0.25, 0.3) is 0 Å². The summed E-state index contributed by atoms with van der Waals surface area (Å²) in [6.07, 6.45) is 6.04. The second-order valence-electron chi connectivity index (χ2n) is 4.41. The molecule has 1 N–H and O–H groups in total. The fourth-order valence-electron chi connectivity index (χ4n) is 1.84. The average molecular weight is 253 g/mol. The number of nitrogens with zero attached hydrogens (tertiary/aromatic N) is 1. The van der Waals surface area contributed by atoms with Gasteiger partial charge in [0.2, 0.25) is 0 Å². The molecule has 19 heavy (non-hydrogen) atoms. The van der Waals surface area contributed by atoms with Gasteiger partial charge in [-0.1, -0.05) is 24.3 Å². The van der Waals surface area contributed by atoms with E-state index in [9.17, 15) is 4.79 Å². The van der Waals surface area contributed by atoms with E-state index in [1.54, 1.807) is 25.4 Å². The number of carboxylic acid groups (broad SMARTS) is 1. The molecule has 1 aromatic carbocycles. The van der Waals surface area contributed by atoms with E-state index in [1.807, 2.05) is 36.4 Å². The van der Waals surface area contributed by atoms with E-state index in [0.717, 1.165) is 17.5 Å². The molecule has 1 heterocycles. The van der Waals surface area contributed by atoms with Crippen molar-refractivity contribution in [1.29, 1.82) is 0 Å². The number of hydrogen-bond donors (Lipinski definition) is 1. The quantitative estimate of drug-likeness (QED) is 0.851. The fourth-order valence-corrected chi connectivity index (χ4v) is 1.84. The first-order chi connectivity index (χ1) is 9.15. The number of hydrogen-bond acceptors (Lipinski definition) is 2. The minimum Gasteiger partial charge on any atom is -0.478 e. The van der Waals surface area contributed by atoms with Crippen LogP contribution in [0.15, 0.2) is 54.4 Å². The zero-order chi connectivity index (χ0) is 13.7. The summed E-state index contributed by atoms with van der Waals surface area (Å²) < 4.78 is 0. The molecule has 0 aliphatic heterocycles. The zero-order valence-corrected chi connectivity index (χ0v) is 10.7. The second kappa shape index (κ2) is 5.96. The summed E-state index contributed by atoms with van der Waals surface area (Å²) in [6.45, 7) is 1.60. The van der Waals surface area contributed by atoms with E-state index in [1.165, 1.54) is 5.56 Å². The SMILES string of the molecule is C/C(=C\c1cccc(Cc2ccncc2)c1)C(=O)O. The van der Waals surface area contributed by atoms with Crippen LogP contribution in [-0.4, -0.2) is 16.1 Å². The molecule has 0 spiro atoms. The van der Waals surface area contributed by atoms with E-state index >= 15 is 0 Å². The first-order valence-corrected chi connectivity index (χ1v) is 6.04. The smallest absolute Gasteiger partial charge is 0.331 e. The molecule has 0 aliphatic rings. The normalized spacial score (nSPS) is 11.3. The van der Waals surface area contributed by atoms with Crippen molar-refractivity contribution in [3.63, 3.8) is 0 Å². The molecule has 0 bridgehead atoms. The van der Waals surface area contributed by atoms with Gasteiger partial charge in [-0.3, -0.25) is 4.98 Å². The highest BCUT2D eigenvalue weighted by atomic mass is 16.4. The van der Waals surface area contributed by atoms with Crippen molar-refractivity contribution in [1.82, 2.24) is 4.98 Å². The van der Waals surface area contributed by atoms with Crippen LogP contribution in [0.1, 0.15) is 23.6 Å². The molecule has 3 heteroatoms. The van der Waals surface area contributed by atoms with Gasteiger partial charge in [-0.15, -0.1) is 0 Å². The monoisotopic (exact) mass is 253 g/mol. The van der Waals surface area contributed by atoms with Crippen LogP contribution in [0.3, 0.4) is 0 Å². The van der Waals surface area contributed by atoms with Gasteiger partial charge in [0, 0.05) is 18.0 Å². The molecular formula is C16H15NO2. The summed E-state index contributed by atoms with van der Waals surface area (Å²) in [5.74, 6) is -0.889. The largest absolute Gasteiger partial charge is 0.478 e. The summed E-state index contributed by atoms with van der Waals surface area (Å²) in [4.78, 5) is 14.8. The molecule has 2 aromatic rings. The molecule has 0 atom stereocenters. The van der Waals surface area contributed by atoms with Crippen molar-refractivity contribution >= 4 is 12.0 Å². The third-order valence-corrected chi connectivity index (χ3v) is 2.83. The van der Waals surface area contributed by atoms with Crippen LogP contribution >= 0.6 is 0 Å². The van der Waals surface area contributed by atoms with Gasteiger partial charge in [0.1, 0.15) is 0 Å². The lowest BCUT2D eigenvalue weighted by molar-refractivity contribution is -0.132. The second-order valence-corrected chi connectivity index (χ2v) is 4.41. The van der Waals surface area contributed by atoms with Crippen LogP contribution in [0, 0.1) is 0 Å². The lowest BCUT2D eigenvalue weighted by Crippen LogP contribution is -1.95. The van der Waals surface area contributed by atoms with Crippen molar-refractivity contribution in [3.8, 4) is 0 Å². The topological polar surface area (TPSA) is 50.2 Å². The van der Waals surface area contributed by atoms with Crippen LogP contribution in [0.5, 0.6) is 0 Å². The summed E-state index contributed by atoms with van der Waals surface area (Å²) in [6, 6.07) is 11.8. The van der Waals surface area contributed by atoms with E-state index in [2.05, 4.69) is 4.98 Å². The van der Waals surface area contributed by atoms with E-state index in [-0.39, 0.29) is 0 Å². The molecule has 96 valence electrons. The Balaban J connectivity index is 2.20. The van der Waals surface area contributed by atoms with Gasteiger partial charge in [0.05, 0.1) is 0 Å². The molecule has 1 aromatic heterocycles. The van der Waals surface area contributed by atoms with Crippen LogP contribution < -0.4 is 0 Å². The molecule has 0 saturated heterocycles. The van der Waals surface area contributed by atoms with Gasteiger partial charge < -0.3 is 5.11 Å². The van der Waals surface area contributed by atoms with Crippen molar-refractivity contribution in [2.24, 2.45) is 0 Å². The zero-order valence-electron chi connectivity index (χ0n) is 10.7. The molecular weight excluding hydrogens is 238 g/mol. The summed E-state index contributed by atoms with van der Waals surface area (Å²) in [5.41, 5.74) is 3.58. The Kier molecular flexibility index (Phi) is 4.08. The highest BCUT2D eigenvalue weighted by Crippen LogP contribution is 2.13. The number of aromatic nitrogens is 1. The van der Waals surface area contributed by atoms with Crippen LogP contribution in [-0.2, 0) is 11.2 Å². The van der Waals surface area contributed by atoms with E-state index in [0.29, 0.717) is 5.57 Å².